The molecule has 4 heteroatoms. The van der Waals surface area contributed by atoms with Gasteiger partial charge < -0.3 is 4.74 Å². The van der Waals surface area contributed by atoms with Crippen LogP contribution in [0.4, 0.5) is 0 Å². The molecule has 1 unspecified atom stereocenters. The van der Waals surface area contributed by atoms with E-state index in [2.05, 4.69) is 0 Å². The Morgan fingerprint density at radius 2 is 1.67 bits per heavy atom. The molecule has 0 bridgehead atoms. The molecule has 1 rings (SSSR count). The molecule has 1 aromatic carbocycles. The second kappa shape index (κ2) is 6.59. The van der Waals surface area contributed by atoms with Gasteiger partial charge in [-0.2, -0.15) is 0 Å². The van der Waals surface area contributed by atoms with Gasteiger partial charge in [-0.05, 0) is 39.8 Å². The lowest BCUT2D eigenvalue weighted by molar-refractivity contribution is -0.146. The molecule has 0 saturated carbocycles. The Labute approximate surface area is 112 Å². The number of ketones is 1. The Bertz CT molecular complexity index is 423. The van der Waals surface area contributed by atoms with Crippen LogP contribution in [0.5, 0.6) is 0 Å². The number of ether oxygens (including phenoxy) is 1. The molecule has 3 nitrogen and oxygen atoms in total. The van der Waals surface area contributed by atoms with Gasteiger partial charge in [-0.15, -0.1) is 11.8 Å². The normalized spacial score (nSPS) is 12.3. The number of benzene rings is 1. The first-order valence-electron chi connectivity index (χ1n) is 5.88. The van der Waals surface area contributed by atoms with Crippen LogP contribution >= 0.6 is 11.8 Å². The van der Waals surface area contributed by atoms with Gasteiger partial charge in [-0.1, -0.05) is 12.1 Å². The monoisotopic (exact) mass is 266 g/mol. The van der Waals surface area contributed by atoms with Crippen LogP contribution in [0.25, 0.3) is 0 Å². The molecule has 18 heavy (non-hydrogen) atoms. The smallest absolute Gasteiger partial charge is 0.319 e. The summed E-state index contributed by atoms with van der Waals surface area (Å²) in [5.74, 6) is -0.176. The Kier molecular flexibility index (Phi) is 5.41. The van der Waals surface area contributed by atoms with Crippen molar-refractivity contribution in [3.63, 3.8) is 0 Å². The molecule has 0 spiro atoms. The summed E-state index contributed by atoms with van der Waals surface area (Å²) in [5, 5.41) is -0.254. The number of hydrogen-bond acceptors (Lipinski definition) is 4. The van der Waals surface area contributed by atoms with E-state index in [-0.39, 0.29) is 23.1 Å². The van der Waals surface area contributed by atoms with Crippen LogP contribution in [-0.4, -0.2) is 23.1 Å². The average molecular weight is 266 g/mol. The van der Waals surface area contributed by atoms with Crippen molar-refractivity contribution in [3.05, 3.63) is 29.8 Å². The van der Waals surface area contributed by atoms with Gasteiger partial charge in [-0.25, -0.2) is 0 Å². The fraction of sp³-hybridized carbons (Fsp3) is 0.429. The van der Waals surface area contributed by atoms with Crippen LogP contribution in [0.15, 0.2) is 29.2 Å². The number of thioether (sulfide) groups is 1. The van der Waals surface area contributed by atoms with Crippen molar-refractivity contribution in [1.29, 1.82) is 0 Å². The number of Topliss-reactive ketones (excluding diaryl/α,β-unsaturated/α-hetero) is 1. The van der Waals surface area contributed by atoms with Crippen LogP contribution in [0.3, 0.4) is 0 Å². The zero-order valence-electron chi connectivity index (χ0n) is 11.1. The Morgan fingerprint density at radius 1 is 1.11 bits per heavy atom. The van der Waals surface area contributed by atoms with Crippen LogP contribution in [0.2, 0.25) is 0 Å². The van der Waals surface area contributed by atoms with Gasteiger partial charge in [0.15, 0.2) is 5.78 Å². The summed E-state index contributed by atoms with van der Waals surface area (Å²) in [5.41, 5.74) is 0.678. The molecule has 0 heterocycles. The summed E-state index contributed by atoms with van der Waals surface area (Å²) < 4.78 is 5.13. The Morgan fingerprint density at radius 3 is 2.11 bits per heavy atom. The Hall–Kier alpha value is -1.29. The highest BCUT2D eigenvalue weighted by molar-refractivity contribution is 8.00. The maximum atomic E-state index is 11.6. The van der Waals surface area contributed by atoms with Crippen LogP contribution in [-0.2, 0) is 9.53 Å². The molecule has 0 saturated heterocycles. The average Bonchev–Trinajstić information content (AvgIpc) is 2.28. The lowest BCUT2D eigenvalue weighted by atomic mass is 10.2. The van der Waals surface area contributed by atoms with Crippen LogP contribution < -0.4 is 0 Å². The minimum absolute atomic E-state index is 0.0406. The number of rotatable bonds is 5. The van der Waals surface area contributed by atoms with Gasteiger partial charge in [0.1, 0.15) is 5.25 Å². The predicted octanol–water partition coefficient (Wildman–Crippen LogP) is 3.32. The first kappa shape index (κ1) is 14.8. The minimum atomic E-state index is -0.254. The molecule has 0 aliphatic heterocycles. The van der Waals surface area contributed by atoms with E-state index in [1.54, 1.807) is 12.1 Å². The summed E-state index contributed by atoms with van der Waals surface area (Å²) >= 11 is 1.43. The molecular formula is C14H18O3S. The second-order valence-corrected chi connectivity index (χ2v) is 5.74. The SMILES string of the molecule is CC(=O)c1ccc(SC(C)C(=O)OC(C)C)cc1. The molecule has 1 atom stereocenters. The van der Waals surface area contributed by atoms with Crippen molar-refractivity contribution in [2.24, 2.45) is 0 Å². The number of esters is 1. The van der Waals surface area contributed by atoms with Crippen molar-refractivity contribution in [2.75, 3.05) is 0 Å². The van der Waals surface area contributed by atoms with E-state index in [0.29, 0.717) is 5.56 Å². The number of carbonyl (C=O) groups excluding carboxylic acids is 2. The molecule has 0 N–H and O–H groups in total. The third-order valence-electron chi connectivity index (χ3n) is 2.26. The largest absolute Gasteiger partial charge is 0.462 e. The van der Waals surface area contributed by atoms with E-state index in [1.165, 1.54) is 18.7 Å². The van der Waals surface area contributed by atoms with E-state index >= 15 is 0 Å². The van der Waals surface area contributed by atoms with E-state index in [4.69, 9.17) is 4.74 Å². The quantitative estimate of drug-likeness (QED) is 0.466. The summed E-state index contributed by atoms with van der Waals surface area (Å²) in [7, 11) is 0. The van der Waals surface area contributed by atoms with Gasteiger partial charge in [0.2, 0.25) is 0 Å². The van der Waals surface area contributed by atoms with Gasteiger partial charge >= 0.3 is 5.97 Å². The Balaban J connectivity index is 2.61. The fourth-order valence-electron chi connectivity index (χ4n) is 1.35. The van der Waals surface area contributed by atoms with Crippen molar-refractivity contribution in [1.82, 2.24) is 0 Å². The number of carbonyl (C=O) groups is 2. The summed E-state index contributed by atoms with van der Waals surface area (Å²) in [6, 6.07) is 7.23. The molecule has 0 fully saturated rings. The van der Waals surface area contributed by atoms with Crippen molar-refractivity contribution < 1.29 is 14.3 Å². The molecule has 0 aliphatic rings. The zero-order chi connectivity index (χ0) is 13.7. The lowest BCUT2D eigenvalue weighted by Gasteiger charge is -2.13. The molecule has 0 amide bonds. The molecular weight excluding hydrogens is 248 g/mol. The van der Waals surface area contributed by atoms with E-state index in [9.17, 15) is 9.59 Å². The third-order valence-corrected chi connectivity index (χ3v) is 3.35. The van der Waals surface area contributed by atoms with Crippen LogP contribution in [0, 0.1) is 0 Å². The van der Waals surface area contributed by atoms with Gasteiger partial charge in [-0.3, -0.25) is 9.59 Å². The van der Waals surface area contributed by atoms with Gasteiger partial charge in [0, 0.05) is 10.5 Å². The molecule has 0 aliphatic carbocycles. The highest BCUT2D eigenvalue weighted by Gasteiger charge is 2.17. The van der Waals surface area contributed by atoms with Crippen molar-refractivity contribution in [3.8, 4) is 0 Å². The minimum Gasteiger partial charge on any atom is -0.462 e. The fourth-order valence-corrected chi connectivity index (χ4v) is 2.20. The van der Waals surface area contributed by atoms with Gasteiger partial charge in [0.25, 0.3) is 0 Å². The van der Waals surface area contributed by atoms with E-state index in [0.717, 1.165) is 4.90 Å². The van der Waals surface area contributed by atoms with E-state index < -0.39 is 0 Å². The topological polar surface area (TPSA) is 43.4 Å². The summed E-state index contributed by atoms with van der Waals surface area (Å²) in [6.45, 7) is 7.01. The first-order chi connectivity index (χ1) is 8.40. The first-order valence-corrected chi connectivity index (χ1v) is 6.76. The highest BCUT2D eigenvalue weighted by atomic mass is 32.2. The third kappa shape index (κ3) is 4.53. The molecule has 0 radical (unpaired) electrons. The van der Waals surface area contributed by atoms with Crippen LogP contribution in [0.1, 0.15) is 38.1 Å². The predicted molar refractivity (Wildman–Crippen MR) is 73.0 cm³/mol. The number of hydrogen-bond donors (Lipinski definition) is 0. The summed E-state index contributed by atoms with van der Waals surface area (Å²) in [4.78, 5) is 23.7. The molecule has 1 aromatic rings. The standard InChI is InChI=1S/C14H18O3S/c1-9(2)17-14(16)11(4)18-13-7-5-12(6-8-13)10(3)15/h5-9,11H,1-4H3. The maximum absolute atomic E-state index is 11.6. The highest BCUT2D eigenvalue weighted by Crippen LogP contribution is 2.24. The van der Waals surface area contributed by atoms with Gasteiger partial charge in [0.05, 0.1) is 6.10 Å². The molecule has 0 aromatic heterocycles. The molecule has 98 valence electrons. The summed E-state index contributed by atoms with van der Waals surface area (Å²) in [6.07, 6.45) is -0.0966. The zero-order valence-corrected chi connectivity index (χ0v) is 11.9. The van der Waals surface area contributed by atoms with Crippen molar-refractivity contribution >= 4 is 23.5 Å². The second-order valence-electron chi connectivity index (χ2n) is 4.33. The lowest BCUT2D eigenvalue weighted by Crippen LogP contribution is -2.20. The maximum Gasteiger partial charge on any atom is 0.319 e. The van der Waals surface area contributed by atoms with Crippen molar-refractivity contribution in [2.45, 2.75) is 43.9 Å². The van der Waals surface area contributed by atoms with E-state index in [1.807, 2.05) is 32.9 Å².